The molecule has 0 aromatic carbocycles. The van der Waals surface area contributed by atoms with Crippen molar-refractivity contribution >= 4 is 22.6 Å². The molecule has 2 N–H and O–H groups in total. The van der Waals surface area contributed by atoms with Gasteiger partial charge in [-0.1, -0.05) is 6.42 Å². The highest BCUT2D eigenvalue weighted by molar-refractivity contribution is 5.91. The number of carbonyl (C=O) groups excluding carboxylic acids is 1. The first kappa shape index (κ1) is 14.5. The van der Waals surface area contributed by atoms with Crippen molar-refractivity contribution in [1.82, 2.24) is 20.1 Å². The molecule has 1 amide bonds. The van der Waals surface area contributed by atoms with Crippen LogP contribution in [-0.2, 0) is 4.79 Å². The monoisotopic (exact) mass is 313 g/mol. The zero-order valence-electron chi connectivity index (χ0n) is 13.5. The summed E-state index contributed by atoms with van der Waals surface area (Å²) in [4.78, 5) is 18.9. The zero-order chi connectivity index (χ0) is 15.8. The van der Waals surface area contributed by atoms with Crippen molar-refractivity contribution in [2.45, 2.75) is 45.1 Å². The maximum absolute atomic E-state index is 12.3. The van der Waals surface area contributed by atoms with Gasteiger partial charge in [0.05, 0.1) is 16.6 Å². The number of piperidine rings is 1. The normalized spacial score (nSPS) is 19.8. The van der Waals surface area contributed by atoms with Crippen molar-refractivity contribution in [3.63, 3.8) is 0 Å². The van der Waals surface area contributed by atoms with Gasteiger partial charge in [0.1, 0.15) is 5.82 Å². The summed E-state index contributed by atoms with van der Waals surface area (Å²) in [6.07, 6.45) is 7.15. The highest BCUT2D eigenvalue weighted by Gasteiger charge is 2.31. The molecule has 0 atom stereocenters. The predicted octanol–water partition coefficient (Wildman–Crippen LogP) is 2.47. The van der Waals surface area contributed by atoms with Gasteiger partial charge in [0.2, 0.25) is 5.91 Å². The van der Waals surface area contributed by atoms with E-state index in [4.69, 9.17) is 0 Å². The molecular formula is C17H23N5O. The van der Waals surface area contributed by atoms with Gasteiger partial charge in [-0.25, -0.2) is 4.98 Å². The average Bonchev–Trinajstić information content (AvgIpc) is 2.89. The molecule has 2 fully saturated rings. The number of nitrogens with zero attached hydrogens (tertiary/aromatic N) is 3. The molecule has 6 heteroatoms. The first-order valence-corrected chi connectivity index (χ1v) is 8.57. The van der Waals surface area contributed by atoms with Crippen molar-refractivity contribution in [1.29, 1.82) is 0 Å². The number of aryl methyl sites for hydroxylation is 1. The van der Waals surface area contributed by atoms with E-state index < -0.39 is 0 Å². The Kier molecular flexibility index (Phi) is 3.67. The third kappa shape index (κ3) is 2.66. The van der Waals surface area contributed by atoms with Crippen LogP contribution < -0.4 is 5.32 Å². The molecule has 4 rings (SSSR count). The number of carbonyl (C=O) groups is 1. The van der Waals surface area contributed by atoms with Crippen LogP contribution in [0.25, 0.3) is 10.9 Å². The van der Waals surface area contributed by atoms with Gasteiger partial charge in [-0.05, 0) is 38.7 Å². The second kappa shape index (κ2) is 5.83. The van der Waals surface area contributed by atoms with Gasteiger partial charge in [0.25, 0.3) is 0 Å². The van der Waals surface area contributed by atoms with E-state index in [1.807, 2.05) is 13.0 Å². The third-order valence-corrected chi connectivity index (χ3v) is 5.26. The number of aromatic nitrogens is 3. The number of anilines is 1. The highest BCUT2D eigenvalue weighted by atomic mass is 16.2. The first-order chi connectivity index (χ1) is 11.2. The first-order valence-electron chi connectivity index (χ1n) is 8.57. The van der Waals surface area contributed by atoms with Crippen molar-refractivity contribution in [3.05, 3.63) is 18.0 Å². The lowest BCUT2D eigenvalue weighted by Gasteiger charge is -2.37. The fourth-order valence-electron chi connectivity index (χ4n) is 3.58. The number of likely N-dealkylation sites (tertiary alicyclic amines) is 1. The van der Waals surface area contributed by atoms with Gasteiger partial charge in [0.15, 0.2) is 0 Å². The molecule has 0 unspecified atom stereocenters. The lowest BCUT2D eigenvalue weighted by Crippen LogP contribution is -2.46. The second-order valence-electron chi connectivity index (χ2n) is 6.76. The van der Waals surface area contributed by atoms with Crippen LogP contribution in [0.2, 0.25) is 0 Å². The quantitative estimate of drug-likeness (QED) is 0.913. The van der Waals surface area contributed by atoms with E-state index in [-0.39, 0.29) is 0 Å². The number of H-pyrrole nitrogens is 1. The zero-order valence-corrected chi connectivity index (χ0v) is 13.5. The number of aromatic amines is 1. The molecule has 2 aromatic rings. The van der Waals surface area contributed by atoms with Crippen LogP contribution in [0.15, 0.2) is 12.3 Å². The van der Waals surface area contributed by atoms with E-state index in [0.29, 0.717) is 17.9 Å². The SMILES string of the molecule is Cc1n[nH]c2ccnc(NC3CCN(C(=O)C4CCC4)CC3)c12. The Balaban J connectivity index is 1.40. The lowest BCUT2D eigenvalue weighted by atomic mass is 9.84. The molecule has 1 aliphatic heterocycles. The Hall–Kier alpha value is -2.11. The Bertz CT molecular complexity index is 713. The van der Waals surface area contributed by atoms with Gasteiger partial charge < -0.3 is 10.2 Å². The topological polar surface area (TPSA) is 73.9 Å². The molecule has 0 spiro atoms. The number of fused-ring (bicyclic) bond motifs is 1. The molecule has 0 radical (unpaired) electrons. The average molecular weight is 313 g/mol. The fourth-order valence-corrected chi connectivity index (χ4v) is 3.58. The summed E-state index contributed by atoms with van der Waals surface area (Å²) in [5.74, 6) is 1.58. The van der Waals surface area contributed by atoms with Crippen molar-refractivity contribution in [3.8, 4) is 0 Å². The molecule has 23 heavy (non-hydrogen) atoms. The number of pyridine rings is 1. The fraction of sp³-hybridized carbons (Fsp3) is 0.588. The number of amides is 1. The Morgan fingerprint density at radius 3 is 2.78 bits per heavy atom. The van der Waals surface area contributed by atoms with Crippen molar-refractivity contribution in [2.75, 3.05) is 18.4 Å². The van der Waals surface area contributed by atoms with Crippen LogP contribution in [0.3, 0.4) is 0 Å². The van der Waals surface area contributed by atoms with E-state index in [0.717, 1.165) is 61.2 Å². The van der Waals surface area contributed by atoms with Crippen LogP contribution in [0.5, 0.6) is 0 Å². The van der Waals surface area contributed by atoms with E-state index in [2.05, 4.69) is 25.4 Å². The van der Waals surface area contributed by atoms with Gasteiger partial charge in [-0.2, -0.15) is 5.10 Å². The van der Waals surface area contributed by atoms with Crippen LogP contribution in [0.4, 0.5) is 5.82 Å². The Labute approximate surface area is 135 Å². The maximum Gasteiger partial charge on any atom is 0.225 e. The second-order valence-corrected chi connectivity index (χ2v) is 6.76. The van der Waals surface area contributed by atoms with Crippen molar-refractivity contribution < 1.29 is 4.79 Å². The molecule has 1 saturated carbocycles. The highest BCUT2D eigenvalue weighted by Crippen LogP contribution is 2.30. The van der Waals surface area contributed by atoms with E-state index in [1.54, 1.807) is 6.20 Å². The summed E-state index contributed by atoms with van der Waals surface area (Å²) in [5, 5.41) is 11.9. The van der Waals surface area contributed by atoms with E-state index in [9.17, 15) is 4.79 Å². The molecule has 2 aromatic heterocycles. The molecule has 1 saturated heterocycles. The molecule has 2 aliphatic rings. The number of nitrogens with one attached hydrogen (secondary N) is 2. The van der Waals surface area contributed by atoms with Crippen LogP contribution in [-0.4, -0.2) is 45.1 Å². The summed E-state index contributed by atoms with van der Waals surface area (Å²) in [6, 6.07) is 2.31. The van der Waals surface area contributed by atoms with Gasteiger partial charge >= 0.3 is 0 Å². The van der Waals surface area contributed by atoms with Gasteiger partial charge in [0, 0.05) is 31.2 Å². The summed E-state index contributed by atoms with van der Waals surface area (Å²) in [5.41, 5.74) is 1.98. The van der Waals surface area contributed by atoms with Crippen LogP contribution in [0.1, 0.15) is 37.8 Å². The Morgan fingerprint density at radius 1 is 1.30 bits per heavy atom. The summed E-state index contributed by atoms with van der Waals surface area (Å²) in [6.45, 7) is 3.70. The third-order valence-electron chi connectivity index (χ3n) is 5.26. The molecular weight excluding hydrogens is 290 g/mol. The van der Waals surface area contributed by atoms with Gasteiger partial charge in [-0.3, -0.25) is 9.89 Å². The van der Waals surface area contributed by atoms with E-state index >= 15 is 0 Å². The minimum atomic E-state index is 0.309. The van der Waals surface area contributed by atoms with Crippen LogP contribution >= 0.6 is 0 Å². The number of rotatable bonds is 3. The van der Waals surface area contributed by atoms with Crippen molar-refractivity contribution in [2.24, 2.45) is 5.92 Å². The summed E-state index contributed by atoms with van der Waals surface area (Å²) >= 11 is 0. The molecule has 122 valence electrons. The maximum atomic E-state index is 12.3. The van der Waals surface area contributed by atoms with Gasteiger partial charge in [-0.15, -0.1) is 0 Å². The van der Waals surface area contributed by atoms with Crippen LogP contribution in [0, 0.1) is 12.8 Å². The standard InChI is InChI=1S/C17H23N5O/c1-11-15-14(21-20-11)5-8-18-16(15)19-13-6-9-22(10-7-13)17(23)12-3-2-4-12/h5,8,12-13H,2-4,6-7,9-10H2,1H3,(H,18,19)(H,20,21). The summed E-state index contributed by atoms with van der Waals surface area (Å²) < 4.78 is 0. The molecule has 6 nitrogen and oxygen atoms in total. The minimum Gasteiger partial charge on any atom is -0.367 e. The molecule has 0 bridgehead atoms. The predicted molar refractivity (Wildman–Crippen MR) is 89.2 cm³/mol. The number of hydrogen-bond acceptors (Lipinski definition) is 4. The Morgan fingerprint density at radius 2 is 2.09 bits per heavy atom. The largest absolute Gasteiger partial charge is 0.367 e. The molecule has 1 aliphatic carbocycles. The smallest absolute Gasteiger partial charge is 0.225 e. The lowest BCUT2D eigenvalue weighted by molar-refractivity contribution is -0.139. The minimum absolute atomic E-state index is 0.309. The number of hydrogen-bond donors (Lipinski definition) is 2. The van der Waals surface area contributed by atoms with E-state index in [1.165, 1.54) is 6.42 Å². The molecule has 3 heterocycles. The summed E-state index contributed by atoms with van der Waals surface area (Å²) in [7, 11) is 0.